The van der Waals surface area contributed by atoms with Gasteiger partial charge in [-0.25, -0.2) is 4.79 Å². The van der Waals surface area contributed by atoms with Crippen LogP contribution in [0.25, 0.3) is 0 Å². The highest BCUT2D eigenvalue weighted by atomic mass is 16.4. The number of aromatic carboxylic acids is 1. The third-order valence-corrected chi connectivity index (χ3v) is 3.09. The number of nitrogens with zero attached hydrogens (tertiary/aromatic N) is 2. The van der Waals surface area contributed by atoms with E-state index in [-0.39, 0.29) is 12.2 Å². The number of aliphatic hydroxyl groups is 1. The normalized spacial score (nSPS) is 13.1. The Morgan fingerprint density at radius 3 is 2.62 bits per heavy atom. The Morgan fingerprint density at radius 1 is 1.33 bits per heavy atom. The number of hydrogen-bond donors (Lipinski definition) is 2. The number of unbranched alkanes of at least 4 members (excludes halogenated alkanes) is 1. The first-order chi connectivity index (χ1) is 10.1. The van der Waals surface area contributed by atoms with Gasteiger partial charge in [0.2, 0.25) is 0 Å². The maximum absolute atomic E-state index is 10.4. The highest BCUT2D eigenvalue weighted by molar-refractivity contribution is 5.87. The second-order valence-electron chi connectivity index (χ2n) is 5.03. The van der Waals surface area contributed by atoms with E-state index < -0.39 is 5.97 Å². The molecular weight excluding hydrogens is 268 g/mol. The molecule has 0 bridgehead atoms. The summed E-state index contributed by atoms with van der Waals surface area (Å²) in [6.45, 7) is 4.38. The van der Waals surface area contributed by atoms with Gasteiger partial charge in [0, 0.05) is 26.0 Å². The van der Waals surface area contributed by atoms with Gasteiger partial charge in [0.25, 0.3) is 0 Å². The van der Waals surface area contributed by atoms with Crippen molar-refractivity contribution in [2.45, 2.75) is 26.4 Å². The van der Waals surface area contributed by atoms with Crippen molar-refractivity contribution in [3.05, 3.63) is 47.8 Å². The first kappa shape index (κ1) is 17.0. The molecule has 2 rings (SSSR count). The molecule has 0 amide bonds. The molecule has 0 fully saturated rings. The maximum Gasteiger partial charge on any atom is 0.335 e. The summed E-state index contributed by atoms with van der Waals surface area (Å²) >= 11 is 0. The molecule has 0 saturated carbocycles. The van der Waals surface area contributed by atoms with Gasteiger partial charge in [0.15, 0.2) is 0 Å². The minimum Gasteiger partial charge on any atom is -0.478 e. The average Bonchev–Trinajstić information content (AvgIpc) is 2.91. The zero-order valence-corrected chi connectivity index (χ0v) is 12.7. The van der Waals surface area contributed by atoms with Crippen LogP contribution in [0.1, 0.15) is 35.7 Å². The summed E-state index contributed by atoms with van der Waals surface area (Å²) in [7, 11) is 2.10. The van der Waals surface area contributed by atoms with Gasteiger partial charge in [0.05, 0.1) is 18.8 Å². The Balaban J connectivity index is 0.000000211. The van der Waals surface area contributed by atoms with Crippen molar-refractivity contribution < 1.29 is 15.0 Å². The van der Waals surface area contributed by atoms with Gasteiger partial charge in [0.1, 0.15) is 0 Å². The molecule has 5 heteroatoms. The fraction of sp³-hybridized carbons (Fsp3) is 0.438. The molecule has 1 aliphatic rings. The van der Waals surface area contributed by atoms with Crippen LogP contribution in [0.4, 0.5) is 0 Å². The Bertz CT molecular complexity index is 474. The standard InChI is InChI=1S/C8H16N2.C8H8O3/c1-3-4-5-10-7-6-9(2)8-10;9-5-6-2-1-3-7(4-6)8(10)11/h6-7H,3-5,8H2,1-2H3;1-4,9H,5H2,(H,10,11). The van der Waals surface area contributed by atoms with Crippen LogP contribution >= 0.6 is 0 Å². The first-order valence-electron chi connectivity index (χ1n) is 7.12. The van der Waals surface area contributed by atoms with Gasteiger partial charge in [-0.15, -0.1) is 0 Å². The summed E-state index contributed by atoms with van der Waals surface area (Å²) in [5, 5.41) is 17.2. The minimum absolute atomic E-state index is 0.124. The van der Waals surface area contributed by atoms with Crippen LogP contribution in [0.5, 0.6) is 0 Å². The Hall–Kier alpha value is -2.01. The molecule has 0 spiro atoms. The molecule has 0 atom stereocenters. The average molecular weight is 292 g/mol. The predicted octanol–water partition coefficient (Wildman–Crippen LogP) is 2.34. The van der Waals surface area contributed by atoms with Crippen LogP contribution < -0.4 is 0 Å². The third-order valence-electron chi connectivity index (χ3n) is 3.09. The SMILES string of the molecule is CCCCN1C=CN(C)C1.O=C(O)c1cccc(CO)c1. The first-order valence-corrected chi connectivity index (χ1v) is 7.12. The van der Waals surface area contributed by atoms with E-state index in [0.717, 1.165) is 6.67 Å². The van der Waals surface area contributed by atoms with E-state index in [4.69, 9.17) is 10.2 Å². The lowest BCUT2D eigenvalue weighted by Gasteiger charge is -2.17. The lowest BCUT2D eigenvalue weighted by Crippen LogP contribution is -2.23. The number of carbonyl (C=O) groups is 1. The smallest absolute Gasteiger partial charge is 0.335 e. The maximum atomic E-state index is 10.4. The van der Waals surface area contributed by atoms with Crippen LogP contribution in [-0.2, 0) is 6.61 Å². The van der Waals surface area contributed by atoms with Crippen molar-refractivity contribution >= 4 is 5.97 Å². The van der Waals surface area contributed by atoms with Gasteiger partial charge in [-0.3, -0.25) is 0 Å². The molecule has 116 valence electrons. The Morgan fingerprint density at radius 2 is 2.10 bits per heavy atom. The molecule has 5 nitrogen and oxygen atoms in total. The van der Waals surface area contributed by atoms with Gasteiger partial charge in [-0.1, -0.05) is 25.5 Å². The summed E-state index contributed by atoms with van der Waals surface area (Å²) < 4.78 is 0. The molecule has 1 aromatic carbocycles. The summed E-state index contributed by atoms with van der Waals surface area (Å²) in [5.41, 5.74) is 0.821. The van der Waals surface area contributed by atoms with Crippen LogP contribution in [0.3, 0.4) is 0 Å². The topological polar surface area (TPSA) is 64.0 Å². The van der Waals surface area contributed by atoms with Gasteiger partial charge >= 0.3 is 5.97 Å². The highest BCUT2D eigenvalue weighted by Gasteiger charge is 2.05. The second-order valence-corrected chi connectivity index (χ2v) is 5.03. The number of carboxylic acids is 1. The summed E-state index contributed by atoms with van der Waals surface area (Å²) in [4.78, 5) is 14.9. The lowest BCUT2D eigenvalue weighted by molar-refractivity contribution is 0.0696. The molecule has 1 aromatic rings. The number of hydrogen-bond acceptors (Lipinski definition) is 4. The Kier molecular flexibility index (Phi) is 7.32. The number of benzene rings is 1. The molecule has 0 radical (unpaired) electrons. The molecule has 0 aromatic heterocycles. The van der Waals surface area contributed by atoms with Gasteiger partial charge < -0.3 is 20.0 Å². The quantitative estimate of drug-likeness (QED) is 0.872. The van der Waals surface area contributed by atoms with E-state index in [0.29, 0.717) is 5.56 Å². The largest absolute Gasteiger partial charge is 0.478 e. The van der Waals surface area contributed by atoms with Gasteiger partial charge in [-0.05, 0) is 24.1 Å². The van der Waals surface area contributed by atoms with E-state index in [2.05, 4.69) is 36.2 Å². The zero-order valence-electron chi connectivity index (χ0n) is 12.7. The van der Waals surface area contributed by atoms with Crippen molar-refractivity contribution in [2.24, 2.45) is 0 Å². The van der Waals surface area contributed by atoms with Crippen molar-refractivity contribution in [3.63, 3.8) is 0 Å². The summed E-state index contributed by atoms with van der Waals surface area (Å²) in [6, 6.07) is 6.21. The molecule has 0 unspecified atom stereocenters. The molecule has 1 aliphatic heterocycles. The van der Waals surface area contributed by atoms with Crippen LogP contribution in [0.2, 0.25) is 0 Å². The number of carboxylic acid groups (broad SMARTS) is 1. The predicted molar refractivity (Wildman–Crippen MR) is 82.7 cm³/mol. The lowest BCUT2D eigenvalue weighted by atomic mass is 10.1. The monoisotopic (exact) mass is 292 g/mol. The zero-order chi connectivity index (χ0) is 15.7. The van der Waals surface area contributed by atoms with E-state index in [1.54, 1.807) is 12.1 Å². The summed E-state index contributed by atoms with van der Waals surface area (Å²) in [5.74, 6) is -0.972. The van der Waals surface area contributed by atoms with Crippen molar-refractivity contribution in [1.29, 1.82) is 0 Å². The van der Waals surface area contributed by atoms with E-state index in [1.807, 2.05) is 0 Å². The fourth-order valence-electron chi connectivity index (χ4n) is 1.90. The molecule has 1 heterocycles. The molecule has 0 saturated heterocycles. The van der Waals surface area contributed by atoms with Crippen LogP contribution in [0.15, 0.2) is 36.7 Å². The van der Waals surface area contributed by atoms with E-state index in [9.17, 15) is 4.79 Å². The van der Waals surface area contributed by atoms with Crippen LogP contribution in [0, 0.1) is 0 Å². The highest BCUT2D eigenvalue weighted by Crippen LogP contribution is 2.05. The van der Waals surface area contributed by atoms with Crippen LogP contribution in [-0.4, -0.2) is 46.2 Å². The number of aliphatic hydroxyl groups excluding tert-OH is 1. The van der Waals surface area contributed by atoms with Gasteiger partial charge in [-0.2, -0.15) is 0 Å². The molecule has 2 N–H and O–H groups in total. The van der Waals surface area contributed by atoms with Crippen molar-refractivity contribution in [1.82, 2.24) is 9.80 Å². The van der Waals surface area contributed by atoms with E-state index in [1.165, 1.54) is 31.5 Å². The third kappa shape index (κ3) is 6.31. The van der Waals surface area contributed by atoms with Crippen molar-refractivity contribution in [2.75, 3.05) is 20.3 Å². The summed E-state index contributed by atoms with van der Waals surface area (Å²) in [6.07, 6.45) is 6.87. The fourth-order valence-corrected chi connectivity index (χ4v) is 1.90. The molecule has 21 heavy (non-hydrogen) atoms. The molecule has 0 aliphatic carbocycles. The minimum atomic E-state index is -0.972. The van der Waals surface area contributed by atoms with E-state index >= 15 is 0 Å². The second kappa shape index (κ2) is 9.02. The van der Waals surface area contributed by atoms with Crippen molar-refractivity contribution in [3.8, 4) is 0 Å². The molecular formula is C16H24N2O3. The number of rotatable bonds is 5. The Labute approximate surface area is 126 Å².